The lowest BCUT2D eigenvalue weighted by Crippen LogP contribution is -2.46. The Morgan fingerprint density at radius 3 is 1.70 bits per heavy atom. The van der Waals surface area contributed by atoms with Gasteiger partial charge in [0.15, 0.2) is 0 Å². The first-order valence-corrected chi connectivity index (χ1v) is 20.0. The number of fused-ring (bicyclic) bond motifs is 8. The number of furan rings is 1. The van der Waals surface area contributed by atoms with Crippen LogP contribution in [0.1, 0.15) is 0 Å². The van der Waals surface area contributed by atoms with Gasteiger partial charge in [0.05, 0.1) is 5.69 Å². The second kappa shape index (κ2) is 14.3. The first-order chi connectivity index (χ1) is 29.5. The SMILES string of the molecule is [B]c1c([B])c(N(c2ccc(-c3ccccc3)cc2)c2ccccc2-c2cccc3oc4c5ccccc5ccc4c23)c([B])c([B])c1-c1cccc2c1ccc1ccccc12. The summed E-state index contributed by atoms with van der Waals surface area (Å²) in [6.45, 7) is 0. The maximum Gasteiger partial charge on any atom is 0.143 e. The van der Waals surface area contributed by atoms with Crippen molar-refractivity contribution in [2.24, 2.45) is 0 Å². The predicted octanol–water partition coefficient (Wildman–Crippen LogP) is 10.7. The molecule has 0 saturated carbocycles. The van der Waals surface area contributed by atoms with Crippen LogP contribution < -0.4 is 26.8 Å². The normalized spacial score (nSPS) is 11.6. The second-order valence-corrected chi connectivity index (χ2v) is 15.3. The molecule has 11 rings (SSSR count). The average molecular weight is 753 g/mol. The molecule has 0 aliphatic heterocycles. The van der Waals surface area contributed by atoms with Gasteiger partial charge >= 0.3 is 0 Å². The van der Waals surface area contributed by atoms with Crippen molar-refractivity contribution in [2.45, 2.75) is 0 Å². The van der Waals surface area contributed by atoms with Gasteiger partial charge in [-0.2, -0.15) is 0 Å². The minimum absolute atomic E-state index is 0.329. The lowest BCUT2D eigenvalue weighted by molar-refractivity contribution is 0.673. The standard InChI is InChI=1S/C54H31B4NO/c55-49-48(42-20-10-19-39-37-16-6-4-14-34(37)26-30-40(39)42)50(56)52(58)53(51(49)57)59(36-28-24-33(25-29-36)32-12-2-1-3-13-32)45-22-9-8-18-41(45)43-21-11-23-46-47(43)44-31-27-35-15-5-7-17-38(35)54(44)60-46/h1-31H. The lowest BCUT2D eigenvalue weighted by Gasteiger charge is -2.34. The van der Waals surface area contributed by atoms with Crippen LogP contribution in [0.3, 0.4) is 0 Å². The summed E-state index contributed by atoms with van der Waals surface area (Å²) in [7, 11) is 29.0. The third-order valence-electron chi connectivity index (χ3n) is 12.0. The third kappa shape index (κ3) is 5.62. The number of rotatable bonds is 6. The van der Waals surface area contributed by atoms with E-state index in [9.17, 15) is 0 Å². The minimum Gasteiger partial charge on any atom is -0.455 e. The van der Waals surface area contributed by atoms with E-state index in [1.54, 1.807) is 0 Å². The van der Waals surface area contributed by atoms with E-state index < -0.39 is 0 Å². The number of anilines is 3. The van der Waals surface area contributed by atoms with Gasteiger partial charge in [0.2, 0.25) is 0 Å². The van der Waals surface area contributed by atoms with Gasteiger partial charge in [-0.3, -0.25) is 0 Å². The van der Waals surface area contributed by atoms with Gasteiger partial charge in [-0.1, -0.05) is 180 Å². The van der Waals surface area contributed by atoms with E-state index in [2.05, 4.69) is 126 Å². The van der Waals surface area contributed by atoms with Crippen LogP contribution in [0, 0.1) is 0 Å². The fourth-order valence-electron chi connectivity index (χ4n) is 9.10. The van der Waals surface area contributed by atoms with Crippen LogP contribution in [0.5, 0.6) is 0 Å². The summed E-state index contributed by atoms with van der Waals surface area (Å²) in [6.07, 6.45) is 0. The summed E-state index contributed by atoms with van der Waals surface area (Å²) in [6, 6.07) is 64.6. The summed E-state index contributed by atoms with van der Waals surface area (Å²) < 4.78 is 6.65. The molecule has 1 heterocycles. The number of hydrogen-bond acceptors (Lipinski definition) is 2. The van der Waals surface area contributed by atoms with Crippen molar-refractivity contribution in [3.63, 3.8) is 0 Å². The molecule has 60 heavy (non-hydrogen) atoms. The maximum atomic E-state index is 7.29. The highest BCUT2D eigenvalue weighted by Gasteiger charge is 2.26. The molecule has 11 aromatic rings. The molecule has 2 nitrogen and oxygen atoms in total. The monoisotopic (exact) mass is 753 g/mol. The molecule has 10 aromatic carbocycles. The van der Waals surface area contributed by atoms with Crippen LogP contribution in [0.25, 0.3) is 87.6 Å². The quantitative estimate of drug-likeness (QED) is 0.124. The molecule has 0 fully saturated rings. The van der Waals surface area contributed by atoms with E-state index in [1.165, 1.54) is 0 Å². The Balaban J connectivity index is 1.16. The summed E-state index contributed by atoms with van der Waals surface area (Å²) in [5.74, 6) is 0. The van der Waals surface area contributed by atoms with E-state index in [-0.39, 0.29) is 0 Å². The lowest BCUT2D eigenvalue weighted by atomic mass is 9.64. The van der Waals surface area contributed by atoms with Gasteiger partial charge in [-0.15, -0.1) is 0 Å². The zero-order valence-corrected chi connectivity index (χ0v) is 32.6. The fraction of sp³-hybridized carbons (Fsp3) is 0. The molecule has 0 unspecified atom stereocenters. The summed E-state index contributed by atoms with van der Waals surface area (Å²) in [5.41, 5.74) is 10.8. The van der Waals surface area contributed by atoms with Crippen molar-refractivity contribution in [3.05, 3.63) is 188 Å². The van der Waals surface area contributed by atoms with Gasteiger partial charge < -0.3 is 9.32 Å². The average Bonchev–Trinajstić information content (AvgIpc) is 3.70. The van der Waals surface area contributed by atoms with Crippen LogP contribution in [0.4, 0.5) is 17.1 Å². The predicted molar refractivity (Wildman–Crippen MR) is 259 cm³/mol. The molecule has 8 radical (unpaired) electrons. The molecule has 270 valence electrons. The van der Waals surface area contributed by atoms with Crippen molar-refractivity contribution in [1.29, 1.82) is 0 Å². The van der Waals surface area contributed by atoms with E-state index in [0.717, 1.165) is 93.4 Å². The molecule has 0 aliphatic carbocycles. The third-order valence-corrected chi connectivity index (χ3v) is 12.0. The molecule has 0 bridgehead atoms. The topological polar surface area (TPSA) is 16.4 Å². The van der Waals surface area contributed by atoms with E-state index in [1.807, 2.05) is 66.7 Å². The van der Waals surface area contributed by atoms with Crippen LogP contribution in [0.15, 0.2) is 192 Å². The number of benzene rings is 10. The Bertz CT molecular complexity index is 3460. The zero-order valence-electron chi connectivity index (χ0n) is 32.6. The Hall–Kier alpha value is -7.16. The van der Waals surface area contributed by atoms with E-state index >= 15 is 0 Å². The first kappa shape index (κ1) is 36.0. The smallest absolute Gasteiger partial charge is 0.143 e. The molecule has 0 aliphatic rings. The Morgan fingerprint density at radius 2 is 0.933 bits per heavy atom. The summed E-state index contributed by atoms with van der Waals surface area (Å²) in [4.78, 5) is 2.10. The van der Waals surface area contributed by atoms with Crippen molar-refractivity contribution in [1.82, 2.24) is 0 Å². The van der Waals surface area contributed by atoms with Crippen molar-refractivity contribution >= 4 is 125 Å². The van der Waals surface area contributed by atoms with Crippen molar-refractivity contribution < 1.29 is 4.42 Å². The Labute approximate surface area is 353 Å². The Kier molecular flexibility index (Phi) is 8.56. The molecule has 1 aromatic heterocycles. The molecule has 6 heteroatoms. The van der Waals surface area contributed by atoms with E-state index in [0.29, 0.717) is 33.1 Å². The highest BCUT2D eigenvalue weighted by Crippen LogP contribution is 2.45. The van der Waals surface area contributed by atoms with Gasteiger partial charge in [0.25, 0.3) is 0 Å². The summed E-state index contributed by atoms with van der Waals surface area (Å²) >= 11 is 0. The van der Waals surface area contributed by atoms with Crippen molar-refractivity contribution in [2.75, 3.05) is 4.90 Å². The van der Waals surface area contributed by atoms with E-state index in [4.69, 9.17) is 35.8 Å². The minimum atomic E-state index is 0.329. The molecule has 0 N–H and O–H groups in total. The van der Waals surface area contributed by atoms with Crippen LogP contribution in [-0.2, 0) is 0 Å². The molecular formula is C54H31B4NO. The van der Waals surface area contributed by atoms with Crippen molar-refractivity contribution in [3.8, 4) is 33.4 Å². The van der Waals surface area contributed by atoms with Crippen LogP contribution in [0.2, 0.25) is 0 Å². The number of para-hydroxylation sites is 1. The first-order valence-electron chi connectivity index (χ1n) is 20.0. The largest absolute Gasteiger partial charge is 0.455 e. The van der Waals surface area contributed by atoms with Gasteiger partial charge in [0.1, 0.15) is 42.6 Å². The van der Waals surface area contributed by atoms with Crippen LogP contribution >= 0.6 is 0 Å². The second-order valence-electron chi connectivity index (χ2n) is 15.3. The fourth-order valence-corrected chi connectivity index (χ4v) is 9.10. The molecule has 0 spiro atoms. The van der Waals surface area contributed by atoms with Gasteiger partial charge in [-0.05, 0) is 85.1 Å². The summed E-state index contributed by atoms with van der Waals surface area (Å²) in [5, 5.41) is 8.63. The highest BCUT2D eigenvalue weighted by molar-refractivity contribution is 6.63. The van der Waals surface area contributed by atoms with Gasteiger partial charge in [0, 0.05) is 33.1 Å². The maximum absolute atomic E-state index is 7.29. The molecule has 0 saturated heterocycles. The molecular weight excluding hydrogens is 722 g/mol. The Morgan fingerprint density at radius 1 is 0.367 bits per heavy atom. The number of nitrogens with zero attached hydrogens (tertiary/aromatic N) is 1. The van der Waals surface area contributed by atoms with Gasteiger partial charge in [-0.25, -0.2) is 0 Å². The molecule has 0 amide bonds. The zero-order chi connectivity index (χ0) is 40.5. The highest BCUT2D eigenvalue weighted by atomic mass is 16.3. The number of hydrogen-bond donors (Lipinski definition) is 0. The van der Waals surface area contributed by atoms with Crippen LogP contribution in [-0.4, -0.2) is 31.4 Å². The molecule has 0 atom stereocenters.